The fraction of sp³-hybridized carbons (Fsp3) is 0.571. The first kappa shape index (κ1) is 11.9. The molecule has 0 spiro atoms. The van der Waals surface area contributed by atoms with E-state index in [2.05, 4.69) is 22.9 Å². The molecule has 90 valence electrons. The molecule has 0 bridgehead atoms. The Morgan fingerprint density at radius 1 is 1.35 bits per heavy atom. The molecule has 0 aromatic carbocycles. The van der Waals surface area contributed by atoms with Gasteiger partial charge < -0.3 is 4.90 Å². The monoisotopic (exact) mass is 229 g/mol. The first-order chi connectivity index (χ1) is 8.35. The molecule has 1 heterocycles. The minimum Gasteiger partial charge on any atom is -0.368 e. The molecule has 1 aliphatic carbocycles. The van der Waals surface area contributed by atoms with Crippen LogP contribution in [0.1, 0.15) is 44.7 Å². The SMILES string of the molecule is CCN(c1ccc(C#N)nc1)C1CCCCC1. The maximum Gasteiger partial charge on any atom is 0.140 e. The Hall–Kier alpha value is -1.56. The number of pyridine rings is 1. The third-order valence-electron chi connectivity index (χ3n) is 3.55. The number of aromatic nitrogens is 1. The highest BCUT2D eigenvalue weighted by atomic mass is 15.2. The number of hydrogen-bond acceptors (Lipinski definition) is 3. The van der Waals surface area contributed by atoms with Gasteiger partial charge in [0.25, 0.3) is 0 Å². The predicted molar refractivity (Wildman–Crippen MR) is 68.8 cm³/mol. The average molecular weight is 229 g/mol. The third kappa shape index (κ3) is 2.76. The number of nitriles is 1. The zero-order valence-electron chi connectivity index (χ0n) is 10.4. The van der Waals surface area contributed by atoms with E-state index < -0.39 is 0 Å². The van der Waals surface area contributed by atoms with Crippen molar-refractivity contribution in [2.24, 2.45) is 0 Å². The Morgan fingerprint density at radius 2 is 2.12 bits per heavy atom. The molecule has 2 rings (SSSR count). The van der Waals surface area contributed by atoms with Crippen LogP contribution in [0.3, 0.4) is 0 Å². The van der Waals surface area contributed by atoms with Crippen molar-refractivity contribution in [3.63, 3.8) is 0 Å². The number of nitrogens with zero attached hydrogens (tertiary/aromatic N) is 3. The van der Waals surface area contributed by atoms with Crippen molar-refractivity contribution in [3.8, 4) is 6.07 Å². The Bertz CT molecular complexity index is 385. The molecule has 3 nitrogen and oxygen atoms in total. The van der Waals surface area contributed by atoms with Crippen LogP contribution in [0.5, 0.6) is 0 Å². The fourth-order valence-corrected chi connectivity index (χ4v) is 2.67. The molecule has 1 aromatic heterocycles. The molecule has 0 radical (unpaired) electrons. The molecule has 0 amide bonds. The zero-order valence-corrected chi connectivity index (χ0v) is 10.4. The molecule has 17 heavy (non-hydrogen) atoms. The predicted octanol–water partition coefficient (Wildman–Crippen LogP) is 3.11. The van der Waals surface area contributed by atoms with Crippen molar-refractivity contribution < 1.29 is 0 Å². The average Bonchev–Trinajstić information content (AvgIpc) is 2.42. The first-order valence-electron chi connectivity index (χ1n) is 6.48. The highest BCUT2D eigenvalue weighted by Crippen LogP contribution is 2.26. The highest BCUT2D eigenvalue weighted by Gasteiger charge is 2.20. The minimum atomic E-state index is 0.494. The van der Waals surface area contributed by atoms with Gasteiger partial charge in [0.2, 0.25) is 0 Å². The highest BCUT2D eigenvalue weighted by molar-refractivity contribution is 5.46. The van der Waals surface area contributed by atoms with E-state index in [1.807, 2.05) is 12.3 Å². The summed E-state index contributed by atoms with van der Waals surface area (Å²) in [6.07, 6.45) is 8.45. The molecule has 0 N–H and O–H groups in total. The number of hydrogen-bond donors (Lipinski definition) is 0. The van der Waals surface area contributed by atoms with Gasteiger partial charge in [-0.25, -0.2) is 4.98 Å². The van der Waals surface area contributed by atoms with Gasteiger partial charge in [-0.05, 0) is 31.9 Å². The molecule has 0 aliphatic heterocycles. The molecule has 0 unspecified atom stereocenters. The van der Waals surface area contributed by atoms with Gasteiger partial charge in [0, 0.05) is 12.6 Å². The lowest BCUT2D eigenvalue weighted by atomic mass is 9.94. The van der Waals surface area contributed by atoms with Crippen molar-refractivity contribution in [1.29, 1.82) is 5.26 Å². The maximum atomic E-state index is 8.75. The topological polar surface area (TPSA) is 39.9 Å². The second kappa shape index (κ2) is 5.67. The van der Waals surface area contributed by atoms with E-state index in [0.29, 0.717) is 11.7 Å². The van der Waals surface area contributed by atoms with Crippen LogP contribution in [0.25, 0.3) is 0 Å². The summed E-state index contributed by atoms with van der Waals surface area (Å²) in [5.41, 5.74) is 1.65. The van der Waals surface area contributed by atoms with Crippen LogP contribution in [-0.4, -0.2) is 17.6 Å². The first-order valence-corrected chi connectivity index (χ1v) is 6.48. The van der Waals surface area contributed by atoms with Crippen LogP contribution < -0.4 is 4.90 Å². The van der Waals surface area contributed by atoms with Crippen molar-refractivity contribution in [1.82, 2.24) is 4.98 Å². The molecular formula is C14H19N3. The second-order valence-electron chi connectivity index (χ2n) is 4.59. The lowest BCUT2D eigenvalue weighted by molar-refractivity contribution is 0.418. The summed E-state index contributed by atoms with van der Waals surface area (Å²) in [5.74, 6) is 0. The Balaban J connectivity index is 2.13. The smallest absolute Gasteiger partial charge is 0.140 e. The van der Waals surface area contributed by atoms with E-state index in [0.717, 1.165) is 12.2 Å². The molecule has 3 heteroatoms. The van der Waals surface area contributed by atoms with Gasteiger partial charge in [0.1, 0.15) is 11.8 Å². The minimum absolute atomic E-state index is 0.494. The maximum absolute atomic E-state index is 8.75. The van der Waals surface area contributed by atoms with Gasteiger partial charge in [-0.15, -0.1) is 0 Å². The standard InChI is InChI=1S/C14H19N3/c1-2-17(13-6-4-3-5-7-13)14-9-8-12(10-15)16-11-14/h8-9,11,13H,2-7H2,1H3. The summed E-state index contributed by atoms with van der Waals surface area (Å²) in [5, 5.41) is 8.75. The lowest BCUT2D eigenvalue weighted by Crippen LogP contribution is -2.36. The van der Waals surface area contributed by atoms with Gasteiger partial charge in [0.05, 0.1) is 11.9 Å². The Morgan fingerprint density at radius 3 is 2.65 bits per heavy atom. The molecule has 0 saturated heterocycles. The van der Waals surface area contributed by atoms with Crippen LogP contribution in [0, 0.1) is 11.3 Å². The summed E-state index contributed by atoms with van der Waals surface area (Å²) in [7, 11) is 0. The summed E-state index contributed by atoms with van der Waals surface area (Å²) in [6.45, 7) is 3.20. The Kier molecular flexibility index (Phi) is 3.98. The summed E-state index contributed by atoms with van der Waals surface area (Å²) in [4.78, 5) is 6.58. The molecular weight excluding hydrogens is 210 g/mol. The van der Waals surface area contributed by atoms with Gasteiger partial charge in [-0.2, -0.15) is 5.26 Å². The van der Waals surface area contributed by atoms with Crippen LogP contribution in [0.4, 0.5) is 5.69 Å². The van der Waals surface area contributed by atoms with Crippen molar-refractivity contribution in [3.05, 3.63) is 24.0 Å². The molecule has 1 aromatic rings. The van der Waals surface area contributed by atoms with Crippen molar-refractivity contribution in [2.75, 3.05) is 11.4 Å². The number of rotatable bonds is 3. The van der Waals surface area contributed by atoms with E-state index in [9.17, 15) is 0 Å². The van der Waals surface area contributed by atoms with Crippen LogP contribution >= 0.6 is 0 Å². The second-order valence-corrected chi connectivity index (χ2v) is 4.59. The summed E-state index contributed by atoms with van der Waals surface area (Å²) in [6, 6.07) is 6.54. The van der Waals surface area contributed by atoms with Crippen LogP contribution in [-0.2, 0) is 0 Å². The third-order valence-corrected chi connectivity index (χ3v) is 3.55. The van der Waals surface area contributed by atoms with E-state index in [-0.39, 0.29) is 0 Å². The quantitative estimate of drug-likeness (QED) is 0.799. The van der Waals surface area contributed by atoms with Crippen molar-refractivity contribution >= 4 is 5.69 Å². The normalized spacial score (nSPS) is 16.5. The molecule has 1 saturated carbocycles. The molecule has 1 fully saturated rings. The van der Waals surface area contributed by atoms with E-state index in [1.54, 1.807) is 6.07 Å². The van der Waals surface area contributed by atoms with Crippen LogP contribution in [0.2, 0.25) is 0 Å². The molecule has 0 atom stereocenters. The molecule has 1 aliphatic rings. The van der Waals surface area contributed by atoms with Gasteiger partial charge in [-0.3, -0.25) is 0 Å². The van der Waals surface area contributed by atoms with Gasteiger partial charge in [0.15, 0.2) is 0 Å². The Labute approximate surface area is 103 Å². The van der Waals surface area contributed by atoms with Crippen molar-refractivity contribution in [2.45, 2.75) is 45.1 Å². The fourth-order valence-electron chi connectivity index (χ4n) is 2.67. The lowest BCUT2D eigenvalue weighted by Gasteiger charge is -2.35. The largest absolute Gasteiger partial charge is 0.368 e. The van der Waals surface area contributed by atoms with Crippen LogP contribution in [0.15, 0.2) is 18.3 Å². The summed E-state index contributed by atoms with van der Waals surface area (Å²) >= 11 is 0. The van der Waals surface area contributed by atoms with E-state index >= 15 is 0 Å². The summed E-state index contributed by atoms with van der Waals surface area (Å²) < 4.78 is 0. The van der Waals surface area contributed by atoms with Gasteiger partial charge >= 0.3 is 0 Å². The van der Waals surface area contributed by atoms with E-state index in [1.165, 1.54) is 32.1 Å². The zero-order chi connectivity index (χ0) is 12.1. The van der Waals surface area contributed by atoms with Gasteiger partial charge in [-0.1, -0.05) is 19.3 Å². The van der Waals surface area contributed by atoms with E-state index in [4.69, 9.17) is 5.26 Å². The number of anilines is 1.